The molecule has 144 valence electrons. The molecule has 4 bridgehead atoms. The Labute approximate surface area is 153 Å². The first-order chi connectivity index (χ1) is 12.0. The molecule has 4 aliphatic carbocycles. The molecule has 0 aromatic heterocycles. The van der Waals surface area contributed by atoms with Crippen LogP contribution in [0.25, 0.3) is 0 Å². The van der Waals surface area contributed by atoms with Gasteiger partial charge < -0.3 is 19.5 Å². The lowest BCUT2D eigenvalue weighted by Gasteiger charge is -2.57. The second kappa shape index (κ2) is 7.46. The Bertz CT molecular complexity index is 409. The van der Waals surface area contributed by atoms with E-state index >= 15 is 0 Å². The van der Waals surface area contributed by atoms with E-state index in [1.165, 1.54) is 49.8 Å². The van der Waals surface area contributed by atoms with E-state index in [2.05, 4.69) is 13.8 Å². The molecule has 1 saturated heterocycles. The number of aliphatic hydroxyl groups is 1. The van der Waals surface area contributed by atoms with Crippen LogP contribution < -0.4 is 4.90 Å². The first kappa shape index (κ1) is 18.2. The summed E-state index contributed by atoms with van der Waals surface area (Å²) in [6, 6.07) is 0. The lowest BCUT2D eigenvalue weighted by atomic mass is 9.49. The standard InChI is InChI=1S/C21H37NO3/c1-15-11-22(12-16(2)25-15)13-20(23)14-24-4-3-21-8-17-5-18(9-21)7-19(6-17)10-21/h15-20,23H,3-14H2,1-2H3/p+1/t15-,16-,17?,18?,19?,20+,21?/m1/s1. The zero-order valence-corrected chi connectivity index (χ0v) is 16.2. The second-order valence-corrected chi connectivity index (χ2v) is 10.0. The Balaban J connectivity index is 1.16. The average Bonchev–Trinajstić information content (AvgIpc) is 2.49. The van der Waals surface area contributed by atoms with Gasteiger partial charge in [-0.15, -0.1) is 0 Å². The zero-order valence-electron chi connectivity index (χ0n) is 16.2. The SMILES string of the molecule is C[C@@H]1C[NH+](C[C@H](O)COCCC23CC4CC(CC(C4)C2)C3)C[C@@H](C)O1. The van der Waals surface area contributed by atoms with Gasteiger partial charge in [-0.1, -0.05) is 0 Å². The van der Waals surface area contributed by atoms with Gasteiger partial charge in [-0.3, -0.25) is 0 Å². The van der Waals surface area contributed by atoms with E-state index in [0.29, 0.717) is 24.2 Å². The minimum absolute atomic E-state index is 0.294. The van der Waals surface area contributed by atoms with Crippen LogP contribution in [-0.4, -0.2) is 56.3 Å². The van der Waals surface area contributed by atoms with Gasteiger partial charge in [0.25, 0.3) is 0 Å². The van der Waals surface area contributed by atoms with Gasteiger partial charge in [0.1, 0.15) is 37.9 Å². The summed E-state index contributed by atoms with van der Waals surface area (Å²) in [7, 11) is 0. The predicted molar refractivity (Wildman–Crippen MR) is 97.6 cm³/mol. The molecule has 0 radical (unpaired) electrons. The Morgan fingerprint density at radius 1 is 1.04 bits per heavy atom. The van der Waals surface area contributed by atoms with Crippen molar-refractivity contribution in [2.45, 2.75) is 77.1 Å². The fourth-order valence-electron chi connectivity index (χ4n) is 7.05. The van der Waals surface area contributed by atoms with Gasteiger partial charge in [-0.25, -0.2) is 0 Å². The normalized spacial score (nSPS) is 47.2. The minimum atomic E-state index is -0.344. The highest BCUT2D eigenvalue weighted by Gasteiger charge is 2.50. The van der Waals surface area contributed by atoms with E-state index in [4.69, 9.17) is 9.47 Å². The summed E-state index contributed by atoms with van der Waals surface area (Å²) < 4.78 is 11.7. The molecule has 0 unspecified atom stereocenters. The van der Waals surface area contributed by atoms with Crippen molar-refractivity contribution in [3.63, 3.8) is 0 Å². The number of ether oxygens (including phenoxy) is 2. The Kier molecular flexibility index (Phi) is 5.43. The van der Waals surface area contributed by atoms with Gasteiger partial charge in [0, 0.05) is 6.61 Å². The summed E-state index contributed by atoms with van der Waals surface area (Å²) in [5.74, 6) is 3.06. The Morgan fingerprint density at radius 3 is 2.16 bits per heavy atom. The van der Waals surface area contributed by atoms with Crippen molar-refractivity contribution >= 4 is 0 Å². The molecule has 4 heteroatoms. The number of hydrogen-bond acceptors (Lipinski definition) is 3. The van der Waals surface area contributed by atoms with Crippen LogP contribution in [0.5, 0.6) is 0 Å². The molecule has 5 aliphatic rings. The summed E-state index contributed by atoms with van der Waals surface area (Å²) in [4.78, 5) is 1.45. The summed E-state index contributed by atoms with van der Waals surface area (Å²) in [6.07, 6.45) is 10.4. The molecule has 5 rings (SSSR count). The first-order valence-corrected chi connectivity index (χ1v) is 10.7. The van der Waals surface area contributed by atoms with Gasteiger partial charge >= 0.3 is 0 Å². The monoisotopic (exact) mass is 352 g/mol. The topological polar surface area (TPSA) is 43.1 Å². The summed E-state index contributed by atoms with van der Waals surface area (Å²) in [6.45, 7) is 8.38. The van der Waals surface area contributed by atoms with Gasteiger partial charge in [-0.2, -0.15) is 0 Å². The van der Waals surface area contributed by atoms with Crippen molar-refractivity contribution in [1.82, 2.24) is 0 Å². The van der Waals surface area contributed by atoms with Gasteiger partial charge in [-0.05, 0) is 82.0 Å². The van der Waals surface area contributed by atoms with Crippen molar-refractivity contribution in [3.05, 3.63) is 0 Å². The molecule has 0 aromatic rings. The number of quaternary nitrogens is 1. The molecule has 5 fully saturated rings. The highest BCUT2D eigenvalue weighted by molar-refractivity contribution is 5.01. The molecule has 0 spiro atoms. The number of rotatable bonds is 7. The third-order valence-corrected chi connectivity index (χ3v) is 7.39. The van der Waals surface area contributed by atoms with Gasteiger partial charge in [0.2, 0.25) is 0 Å². The first-order valence-electron chi connectivity index (χ1n) is 10.7. The highest BCUT2D eigenvalue weighted by atomic mass is 16.5. The quantitative estimate of drug-likeness (QED) is 0.685. The maximum atomic E-state index is 10.3. The van der Waals surface area contributed by atoms with Crippen molar-refractivity contribution in [1.29, 1.82) is 0 Å². The lowest BCUT2D eigenvalue weighted by molar-refractivity contribution is -0.918. The molecule has 3 atom stereocenters. The molecule has 1 aliphatic heterocycles. The van der Waals surface area contributed by atoms with Crippen LogP contribution >= 0.6 is 0 Å². The molecule has 1 heterocycles. The van der Waals surface area contributed by atoms with Crippen LogP contribution in [0.3, 0.4) is 0 Å². The molecular formula is C21H38NO3+. The highest BCUT2D eigenvalue weighted by Crippen LogP contribution is 2.61. The average molecular weight is 353 g/mol. The van der Waals surface area contributed by atoms with Crippen molar-refractivity contribution in [3.8, 4) is 0 Å². The third-order valence-electron chi connectivity index (χ3n) is 7.39. The maximum absolute atomic E-state index is 10.3. The Hall–Kier alpha value is -0.160. The number of nitrogens with one attached hydrogen (secondary N) is 1. The predicted octanol–water partition coefficient (Wildman–Crippen LogP) is 1.66. The van der Waals surface area contributed by atoms with E-state index in [0.717, 1.165) is 44.0 Å². The lowest BCUT2D eigenvalue weighted by Crippen LogP contribution is -3.16. The van der Waals surface area contributed by atoms with Crippen LogP contribution in [0, 0.1) is 23.2 Å². The second-order valence-electron chi connectivity index (χ2n) is 10.0. The number of morpholine rings is 1. The van der Waals surface area contributed by atoms with E-state index in [1.807, 2.05) is 0 Å². The molecule has 0 amide bonds. The van der Waals surface area contributed by atoms with E-state index in [9.17, 15) is 5.11 Å². The van der Waals surface area contributed by atoms with Crippen LogP contribution in [0.1, 0.15) is 58.8 Å². The number of aliphatic hydroxyl groups excluding tert-OH is 1. The molecular weight excluding hydrogens is 314 g/mol. The van der Waals surface area contributed by atoms with Crippen LogP contribution in [0.15, 0.2) is 0 Å². The summed E-state index contributed by atoms with van der Waals surface area (Å²) in [5, 5.41) is 10.3. The summed E-state index contributed by atoms with van der Waals surface area (Å²) in [5.41, 5.74) is 0.597. The molecule has 25 heavy (non-hydrogen) atoms. The molecule has 4 saturated carbocycles. The fourth-order valence-corrected chi connectivity index (χ4v) is 7.05. The van der Waals surface area contributed by atoms with E-state index in [-0.39, 0.29) is 6.10 Å². The molecule has 2 N–H and O–H groups in total. The smallest absolute Gasteiger partial charge is 0.126 e. The van der Waals surface area contributed by atoms with E-state index in [1.54, 1.807) is 0 Å². The maximum Gasteiger partial charge on any atom is 0.126 e. The van der Waals surface area contributed by atoms with Gasteiger partial charge in [0.15, 0.2) is 0 Å². The fraction of sp³-hybridized carbons (Fsp3) is 1.00. The van der Waals surface area contributed by atoms with Crippen LogP contribution in [0.4, 0.5) is 0 Å². The van der Waals surface area contributed by atoms with Crippen molar-refractivity contribution < 1.29 is 19.5 Å². The number of hydrogen-bond donors (Lipinski definition) is 2. The van der Waals surface area contributed by atoms with Crippen LogP contribution in [0.2, 0.25) is 0 Å². The zero-order chi connectivity index (χ0) is 17.4. The third kappa shape index (κ3) is 4.40. The minimum Gasteiger partial charge on any atom is -0.385 e. The van der Waals surface area contributed by atoms with Gasteiger partial charge in [0.05, 0.1) is 6.61 Å². The Morgan fingerprint density at radius 2 is 1.60 bits per heavy atom. The van der Waals surface area contributed by atoms with Crippen LogP contribution in [-0.2, 0) is 9.47 Å². The van der Waals surface area contributed by atoms with Crippen molar-refractivity contribution in [2.24, 2.45) is 23.2 Å². The van der Waals surface area contributed by atoms with E-state index < -0.39 is 0 Å². The van der Waals surface area contributed by atoms with Crippen molar-refractivity contribution in [2.75, 3.05) is 32.8 Å². The largest absolute Gasteiger partial charge is 0.385 e. The summed E-state index contributed by atoms with van der Waals surface area (Å²) >= 11 is 0. The molecule has 4 nitrogen and oxygen atoms in total. The molecule has 0 aromatic carbocycles.